The highest BCUT2D eigenvalue weighted by molar-refractivity contribution is 6.30. The second kappa shape index (κ2) is 10.8. The summed E-state index contributed by atoms with van der Waals surface area (Å²) in [7, 11) is 0. The van der Waals surface area contributed by atoms with Crippen LogP contribution in [0.3, 0.4) is 0 Å². The number of tetrazole rings is 1. The Kier molecular flexibility index (Phi) is 7.58. The molecule has 4 aromatic rings. The Labute approximate surface area is 218 Å². The second-order valence-corrected chi connectivity index (χ2v) is 9.75. The van der Waals surface area contributed by atoms with Crippen LogP contribution in [-0.4, -0.2) is 42.5 Å². The maximum atomic E-state index is 14.3. The van der Waals surface area contributed by atoms with Crippen molar-refractivity contribution in [2.45, 2.75) is 38.9 Å². The summed E-state index contributed by atoms with van der Waals surface area (Å²) in [4.78, 5) is 33.7. The number of halogens is 2. The van der Waals surface area contributed by atoms with Crippen molar-refractivity contribution in [2.75, 3.05) is 4.90 Å². The summed E-state index contributed by atoms with van der Waals surface area (Å²) in [6.07, 6.45) is 3.05. The molecule has 0 fully saturated rings. The summed E-state index contributed by atoms with van der Waals surface area (Å²) in [6.45, 7) is 5.16. The number of hydrogen-bond donors (Lipinski definition) is 1. The Hall–Kier alpha value is -4.18. The lowest BCUT2D eigenvalue weighted by molar-refractivity contribution is -0.128. The lowest BCUT2D eigenvalue weighted by Crippen LogP contribution is -2.50. The maximum Gasteiger partial charge on any atom is 0.251 e. The molecule has 0 spiro atoms. The Bertz CT molecular complexity index is 1390. The minimum absolute atomic E-state index is 0.203. The molecule has 0 saturated carbocycles. The van der Waals surface area contributed by atoms with Gasteiger partial charge in [0, 0.05) is 34.2 Å². The number of aromatic nitrogens is 5. The van der Waals surface area contributed by atoms with Crippen molar-refractivity contribution in [3.8, 4) is 11.4 Å². The number of pyridine rings is 1. The molecule has 0 radical (unpaired) electrons. The molecule has 9 nitrogen and oxygen atoms in total. The van der Waals surface area contributed by atoms with Gasteiger partial charge in [-0.15, -0.1) is 10.2 Å². The predicted molar refractivity (Wildman–Crippen MR) is 137 cm³/mol. The molecule has 2 heterocycles. The maximum absolute atomic E-state index is 14.3. The van der Waals surface area contributed by atoms with Crippen LogP contribution in [0.15, 0.2) is 73.1 Å². The van der Waals surface area contributed by atoms with Gasteiger partial charge in [0.05, 0.1) is 0 Å². The van der Waals surface area contributed by atoms with E-state index < -0.39 is 29.2 Å². The Balaban J connectivity index is 1.72. The lowest BCUT2D eigenvalue weighted by atomic mass is 10.0. The third-order valence-electron chi connectivity index (χ3n) is 5.21. The van der Waals surface area contributed by atoms with Crippen molar-refractivity contribution < 1.29 is 14.0 Å². The van der Waals surface area contributed by atoms with Gasteiger partial charge in [0.1, 0.15) is 18.4 Å². The zero-order chi connectivity index (χ0) is 26.6. The van der Waals surface area contributed by atoms with Crippen molar-refractivity contribution in [3.05, 3.63) is 89.5 Å². The van der Waals surface area contributed by atoms with Crippen LogP contribution in [0, 0.1) is 5.82 Å². The molecule has 190 valence electrons. The highest BCUT2D eigenvalue weighted by Gasteiger charge is 2.35. The van der Waals surface area contributed by atoms with Gasteiger partial charge in [-0.1, -0.05) is 17.7 Å². The minimum Gasteiger partial charge on any atom is -0.349 e. The summed E-state index contributed by atoms with van der Waals surface area (Å²) in [6, 6.07) is 14.5. The van der Waals surface area contributed by atoms with E-state index in [0.717, 1.165) is 4.80 Å². The van der Waals surface area contributed by atoms with E-state index >= 15 is 0 Å². The molecular formula is C26H25ClFN7O2. The molecule has 2 aromatic carbocycles. The Morgan fingerprint density at radius 2 is 1.78 bits per heavy atom. The van der Waals surface area contributed by atoms with Crippen LogP contribution < -0.4 is 10.2 Å². The van der Waals surface area contributed by atoms with E-state index in [0.29, 0.717) is 22.0 Å². The van der Waals surface area contributed by atoms with Crippen LogP contribution in [-0.2, 0) is 16.1 Å². The van der Waals surface area contributed by atoms with Crippen molar-refractivity contribution in [1.82, 2.24) is 30.5 Å². The van der Waals surface area contributed by atoms with Crippen molar-refractivity contribution in [1.29, 1.82) is 0 Å². The van der Waals surface area contributed by atoms with Crippen molar-refractivity contribution in [2.24, 2.45) is 0 Å². The van der Waals surface area contributed by atoms with Gasteiger partial charge in [-0.2, -0.15) is 4.80 Å². The molecule has 0 bridgehead atoms. The molecule has 0 saturated heterocycles. The Morgan fingerprint density at radius 1 is 1.08 bits per heavy atom. The standard InChI is InChI=1S/C26H25ClFN7O2/c1-26(2,3)30-25(37)23(17-11-13-29-14-12-17)35(21-6-4-5-20(28)15-21)22(36)16-34-32-24(31-33-34)18-7-9-19(27)10-8-18/h4-15,23H,16H2,1-3H3,(H,30,37). The van der Waals surface area contributed by atoms with Crippen LogP contribution in [0.2, 0.25) is 5.02 Å². The molecule has 2 aromatic heterocycles. The summed E-state index contributed by atoms with van der Waals surface area (Å²) >= 11 is 5.95. The van der Waals surface area contributed by atoms with E-state index in [1.54, 1.807) is 42.5 Å². The fourth-order valence-corrected chi connectivity index (χ4v) is 3.81. The largest absolute Gasteiger partial charge is 0.349 e. The highest BCUT2D eigenvalue weighted by Crippen LogP contribution is 2.29. The summed E-state index contributed by atoms with van der Waals surface area (Å²) in [5.74, 6) is -1.23. The summed E-state index contributed by atoms with van der Waals surface area (Å²) in [5.41, 5.74) is 0.793. The molecule has 0 aliphatic rings. The average Bonchev–Trinajstić information content (AvgIpc) is 3.30. The van der Waals surface area contributed by atoms with Crippen molar-refractivity contribution >= 4 is 29.1 Å². The van der Waals surface area contributed by atoms with E-state index in [4.69, 9.17) is 11.6 Å². The first-order valence-electron chi connectivity index (χ1n) is 11.4. The normalized spacial score (nSPS) is 12.1. The fourth-order valence-electron chi connectivity index (χ4n) is 3.69. The number of benzene rings is 2. The number of hydrogen-bond acceptors (Lipinski definition) is 6. The Morgan fingerprint density at radius 3 is 2.43 bits per heavy atom. The number of carbonyl (C=O) groups excluding carboxylic acids is 2. The molecular weight excluding hydrogens is 497 g/mol. The summed E-state index contributed by atoms with van der Waals surface area (Å²) < 4.78 is 14.3. The van der Waals surface area contributed by atoms with E-state index in [9.17, 15) is 14.0 Å². The van der Waals surface area contributed by atoms with E-state index in [1.807, 2.05) is 20.8 Å². The van der Waals surface area contributed by atoms with Crippen LogP contribution >= 0.6 is 11.6 Å². The number of anilines is 1. The van der Waals surface area contributed by atoms with Crippen molar-refractivity contribution in [3.63, 3.8) is 0 Å². The van der Waals surface area contributed by atoms with Crippen LogP contribution in [0.4, 0.5) is 10.1 Å². The molecule has 2 amide bonds. The topological polar surface area (TPSA) is 106 Å². The van der Waals surface area contributed by atoms with Gasteiger partial charge < -0.3 is 5.32 Å². The number of amides is 2. The zero-order valence-electron chi connectivity index (χ0n) is 20.5. The second-order valence-electron chi connectivity index (χ2n) is 9.32. The van der Waals surface area contributed by atoms with Gasteiger partial charge in [-0.3, -0.25) is 19.5 Å². The number of nitrogens with one attached hydrogen (secondary N) is 1. The van der Waals surface area contributed by atoms with E-state index in [1.165, 1.54) is 35.5 Å². The SMILES string of the molecule is CC(C)(C)NC(=O)C(c1ccncc1)N(C(=O)Cn1nnc(-c2ccc(Cl)cc2)n1)c1cccc(F)c1. The first kappa shape index (κ1) is 25.9. The number of nitrogens with zero attached hydrogens (tertiary/aromatic N) is 6. The van der Waals surface area contributed by atoms with Crippen LogP contribution in [0.5, 0.6) is 0 Å². The third kappa shape index (κ3) is 6.53. The van der Waals surface area contributed by atoms with Gasteiger partial charge in [-0.25, -0.2) is 4.39 Å². The van der Waals surface area contributed by atoms with Gasteiger partial charge in [0.2, 0.25) is 11.7 Å². The van der Waals surface area contributed by atoms with Crippen LogP contribution in [0.25, 0.3) is 11.4 Å². The van der Waals surface area contributed by atoms with E-state index in [2.05, 4.69) is 25.7 Å². The highest BCUT2D eigenvalue weighted by atomic mass is 35.5. The summed E-state index contributed by atoms with van der Waals surface area (Å²) in [5, 5.41) is 15.8. The first-order valence-corrected chi connectivity index (χ1v) is 11.8. The molecule has 11 heteroatoms. The lowest BCUT2D eigenvalue weighted by Gasteiger charge is -2.33. The number of rotatable bonds is 7. The fraction of sp³-hybridized carbons (Fsp3) is 0.231. The van der Waals surface area contributed by atoms with Crippen LogP contribution in [0.1, 0.15) is 32.4 Å². The molecule has 1 N–H and O–H groups in total. The first-order chi connectivity index (χ1) is 17.6. The van der Waals surface area contributed by atoms with Gasteiger partial charge in [0.25, 0.3) is 5.91 Å². The van der Waals surface area contributed by atoms with Gasteiger partial charge >= 0.3 is 0 Å². The third-order valence-corrected chi connectivity index (χ3v) is 5.47. The zero-order valence-corrected chi connectivity index (χ0v) is 21.2. The monoisotopic (exact) mass is 521 g/mol. The molecule has 1 unspecified atom stereocenters. The molecule has 0 aliphatic heterocycles. The molecule has 37 heavy (non-hydrogen) atoms. The molecule has 1 atom stereocenters. The number of carbonyl (C=O) groups is 2. The van der Waals surface area contributed by atoms with Gasteiger partial charge in [-0.05, 0) is 86.1 Å². The smallest absolute Gasteiger partial charge is 0.251 e. The van der Waals surface area contributed by atoms with E-state index in [-0.39, 0.29) is 12.2 Å². The predicted octanol–water partition coefficient (Wildman–Crippen LogP) is 4.22. The minimum atomic E-state index is -1.12. The quantitative estimate of drug-likeness (QED) is 0.390. The molecule has 0 aliphatic carbocycles. The molecule has 4 rings (SSSR count). The average molecular weight is 522 g/mol. The van der Waals surface area contributed by atoms with Gasteiger partial charge in [0.15, 0.2) is 0 Å².